The van der Waals surface area contributed by atoms with Crippen molar-refractivity contribution in [3.05, 3.63) is 58.0 Å². The zero-order chi connectivity index (χ0) is 15.0. The number of rotatable bonds is 2. The fraction of sp³-hybridized carbons (Fsp3) is 0.125. The average molecular weight is 321 g/mol. The van der Waals surface area contributed by atoms with Gasteiger partial charge in [0.25, 0.3) is 0 Å². The van der Waals surface area contributed by atoms with Crippen LogP contribution in [0.25, 0.3) is 22.3 Å². The first-order valence-electron chi connectivity index (χ1n) is 6.50. The highest BCUT2D eigenvalue weighted by atomic mass is 35.5. The Kier molecular flexibility index (Phi) is 3.79. The Morgan fingerprint density at radius 1 is 1.10 bits per heavy atom. The van der Waals surface area contributed by atoms with E-state index in [-0.39, 0.29) is 16.4 Å². The van der Waals surface area contributed by atoms with Crippen LogP contribution in [0.2, 0.25) is 10.2 Å². The van der Waals surface area contributed by atoms with Gasteiger partial charge in [0.1, 0.15) is 5.15 Å². The van der Waals surface area contributed by atoms with Crippen LogP contribution in [0, 0.1) is 5.82 Å². The molecule has 3 aromatic rings. The van der Waals surface area contributed by atoms with E-state index in [4.69, 9.17) is 23.2 Å². The molecule has 106 valence electrons. The van der Waals surface area contributed by atoms with Crippen LogP contribution < -0.4 is 0 Å². The standard InChI is InChI=1S/C16H11Cl2FN2/c1-2-9-6-7-13-11(8-9)15(18)21-16(20-13)10-4-3-5-12(17)14(10)19/h3-8H,2H2,1H3. The van der Waals surface area contributed by atoms with Gasteiger partial charge in [0, 0.05) is 5.39 Å². The number of aryl methyl sites for hydroxylation is 1. The molecule has 0 N–H and O–H groups in total. The van der Waals surface area contributed by atoms with Crippen LogP contribution in [0.3, 0.4) is 0 Å². The van der Waals surface area contributed by atoms with E-state index in [0.29, 0.717) is 10.7 Å². The Bertz CT molecular complexity index is 834. The van der Waals surface area contributed by atoms with Crippen LogP contribution in [0.1, 0.15) is 12.5 Å². The number of hydrogen-bond acceptors (Lipinski definition) is 2. The van der Waals surface area contributed by atoms with E-state index in [9.17, 15) is 4.39 Å². The van der Waals surface area contributed by atoms with E-state index in [1.165, 1.54) is 6.07 Å². The molecule has 0 atom stereocenters. The SMILES string of the molecule is CCc1ccc2nc(-c3cccc(Cl)c3F)nc(Cl)c2c1. The van der Waals surface area contributed by atoms with Crippen molar-refractivity contribution in [3.63, 3.8) is 0 Å². The summed E-state index contributed by atoms with van der Waals surface area (Å²) >= 11 is 12.0. The molecule has 0 spiro atoms. The predicted octanol–water partition coefficient (Wildman–Crippen LogP) is 5.31. The number of nitrogens with zero attached hydrogens (tertiary/aromatic N) is 2. The molecule has 0 saturated carbocycles. The van der Waals surface area contributed by atoms with Crippen molar-refractivity contribution in [2.24, 2.45) is 0 Å². The fourth-order valence-electron chi connectivity index (χ4n) is 2.16. The molecule has 21 heavy (non-hydrogen) atoms. The molecular formula is C16H11Cl2FN2. The van der Waals surface area contributed by atoms with Crippen LogP contribution in [-0.2, 0) is 6.42 Å². The molecule has 1 aromatic heterocycles. The van der Waals surface area contributed by atoms with Crippen LogP contribution >= 0.6 is 23.2 Å². The number of halogens is 3. The minimum absolute atomic E-state index is 0.0358. The van der Waals surface area contributed by atoms with Gasteiger partial charge in [-0.25, -0.2) is 14.4 Å². The summed E-state index contributed by atoms with van der Waals surface area (Å²) in [6.07, 6.45) is 0.900. The van der Waals surface area contributed by atoms with Crippen molar-refractivity contribution in [2.75, 3.05) is 0 Å². The van der Waals surface area contributed by atoms with E-state index in [1.54, 1.807) is 12.1 Å². The van der Waals surface area contributed by atoms with Gasteiger partial charge in [-0.2, -0.15) is 0 Å². The first-order valence-corrected chi connectivity index (χ1v) is 7.26. The molecule has 5 heteroatoms. The lowest BCUT2D eigenvalue weighted by Gasteiger charge is -2.07. The first kappa shape index (κ1) is 14.2. The molecule has 0 fully saturated rings. The number of benzene rings is 2. The molecule has 0 bridgehead atoms. The predicted molar refractivity (Wildman–Crippen MR) is 84.3 cm³/mol. The van der Waals surface area contributed by atoms with Gasteiger partial charge in [0.15, 0.2) is 11.6 Å². The van der Waals surface area contributed by atoms with Crippen molar-refractivity contribution in [2.45, 2.75) is 13.3 Å². The monoisotopic (exact) mass is 320 g/mol. The highest BCUT2D eigenvalue weighted by molar-refractivity contribution is 6.34. The number of aromatic nitrogens is 2. The van der Waals surface area contributed by atoms with Crippen molar-refractivity contribution >= 4 is 34.1 Å². The zero-order valence-electron chi connectivity index (χ0n) is 11.2. The molecule has 0 amide bonds. The molecule has 2 aromatic carbocycles. The topological polar surface area (TPSA) is 25.8 Å². The second-order valence-corrected chi connectivity index (χ2v) is 5.41. The largest absolute Gasteiger partial charge is 0.228 e. The molecule has 0 saturated heterocycles. The summed E-state index contributed by atoms with van der Waals surface area (Å²) < 4.78 is 14.1. The maximum Gasteiger partial charge on any atom is 0.164 e. The van der Waals surface area contributed by atoms with Gasteiger partial charge in [0.05, 0.1) is 16.1 Å². The summed E-state index contributed by atoms with van der Waals surface area (Å²) in [5.74, 6) is -0.309. The summed E-state index contributed by atoms with van der Waals surface area (Å²) in [4.78, 5) is 8.59. The van der Waals surface area contributed by atoms with Crippen molar-refractivity contribution < 1.29 is 4.39 Å². The molecule has 0 aliphatic heterocycles. The normalized spacial score (nSPS) is 11.0. The van der Waals surface area contributed by atoms with E-state index in [0.717, 1.165) is 17.4 Å². The highest BCUT2D eigenvalue weighted by Gasteiger charge is 2.14. The molecule has 0 unspecified atom stereocenters. The minimum Gasteiger partial charge on any atom is -0.228 e. The maximum atomic E-state index is 14.1. The smallest absolute Gasteiger partial charge is 0.164 e. The lowest BCUT2D eigenvalue weighted by Crippen LogP contribution is -1.95. The quantitative estimate of drug-likeness (QED) is 0.598. The molecule has 3 rings (SSSR count). The van der Waals surface area contributed by atoms with E-state index < -0.39 is 5.82 Å². The molecule has 2 nitrogen and oxygen atoms in total. The van der Waals surface area contributed by atoms with Crippen LogP contribution in [0.5, 0.6) is 0 Å². The van der Waals surface area contributed by atoms with Crippen LogP contribution in [0.15, 0.2) is 36.4 Å². The minimum atomic E-state index is -0.542. The van der Waals surface area contributed by atoms with E-state index >= 15 is 0 Å². The van der Waals surface area contributed by atoms with Crippen molar-refractivity contribution in [3.8, 4) is 11.4 Å². The summed E-state index contributed by atoms with van der Waals surface area (Å²) in [5.41, 5.74) is 2.07. The van der Waals surface area contributed by atoms with Crippen LogP contribution in [0.4, 0.5) is 4.39 Å². The van der Waals surface area contributed by atoms with Gasteiger partial charge in [0.2, 0.25) is 0 Å². The Hall–Kier alpha value is -1.71. The van der Waals surface area contributed by atoms with Gasteiger partial charge < -0.3 is 0 Å². The lowest BCUT2D eigenvalue weighted by molar-refractivity contribution is 0.630. The Labute approximate surface area is 131 Å². The zero-order valence-corrected chi connectivity index (χ0v) is 12.7. The van der Waals surface area contributed by atoms with Gasteiger partial charge in [-0.1, -0.05) is 42.3 Å². The second-order valence-electron chi connectivity index (χ2n) is 4.64. The Morgan fingerprint density at radius 2 is 1.90 bits per heavy atom. The van der Waals surface area contributed by atoms with Gasteiger partial charge >= 0.3 is 0 Å². The summed E-state index contributed by atoms with van der Waals surface area (Å²) in [7, 11) is 0. The van der Waals surface area contributed by atoms with E-state index in [2.05, 4.69) is 16.9 Å². The van der Waals surface area contributed by atoms with E-state index in [1.807, 2.05) is 18.2 Å². The van der Waals surface area contributed by atoms with Crippen molar-refractivity contribution in [1.82, 2.24) is 9.97 Å². The third-order valence-electron chi connectivity index (χ3n) is 3.31. The molecule has 0 aliphatic carbocycles. The average Bonchev–Trinajstić information content (AvgIpc) is 2.49. The lowest BCUT2D eigenvalue weighted by atomic mass is 10.1. The second kappa shape index (κ2) is 5.58. The maximum absolute atomic E-state index is 14.1. The molecule has 0 aliphatic rings. The first-order chi connectivity index (χ1) is 10.1. The molecule has 1 heterocycles. The molecule has 0 radical (unpaired) electrons. The van der Waals surface area contributed by atoms with Crippen molar-refractivity contribution in [1.29, 1.82) is 0 Å². The number of fused-ring (bicyclic) bond motifs is 1. The fourth-order valence-corrected chi connectivity index (χ4v) is 2.56. The van der Waals surface area contributed by atoms with Gasteiger partial charge in [-0.15, -0.1) is 0 Å². The highest BCUT2D eigenvalue weighted by Crippen LogP contribution is 2.29. The third kappa shape index (κ3) is 2.59. The summed E-state index contributed by atoms with van der Waals surface area (Å²) in [6, 6.07) is 10.5. The van der Waals surface area contributed by atoms with Crippen LogP contribution in [-0.4, -0.2) is 9.97 Å². The Balaban J connectivity index is 2.23. The Morgan fingerprint density at radius 3 is 2.67 bits per heavy atom. The third-order valence-corrected chi connectivity index (χ3v) is 3.89. The summed E-state index contributed by atoms with van der Waals surface area (Å²) in [5, 5.41) is 1.11. The molecular weight excluding hydrogens is 310 g/mol. The number of hydrogen-bond donors (Lipinski definition) is 0. The van der Waals surface area contributed by atoms with Gasteiger partial charge in [-0.3, -0.25) is 0 Å². The van der Waals surface area contributed by atoms with Gasteiger partial charge in [-0.05, 0) is 36.2 Å². The summed E-state index contributed by atoms with van der Waals surface area (Å²) in [6.45, 7) is 2.06.